The molecule has 4 saturated heterocycles. The first-order valence-corrected chi connectivity index (χ1v) is 22.1. The number of carboxylic acid groups (broad SMARTS) is 1. The van der Waals surface area contributed by atoms with Gasteiger partial charge in [-0.25, -0.2) is 0 Å². The molecule has 3 N–H and O–H groups in total. The molecule has 9 nitrogen and oxygen atoms in total. The van der Waals surface area contributed by atoms with Gasteiger partial charge in [-0.2, -0.15) is 0 Å². The quantitative estimate of drug-likeness (QED) is 0.124. The van der Waals surface area contributed by atoms with Crippen molar-refractivity contribution in [2.24, 2.45) is 52.8 Å². The van der Waals surface area contributed by atoms with Crippen molar-refractivity contribution >= 4 is 12.3 Å². The lowest BCUT2D eigenvalue weighted by Gasteiger charge is -2.55. The first kappa shape index (κ1) is 44.7. The lowest BCUT2D eigenvalue weighted by molar-refractivity contribution is -0.260. The van der Waals surface area contributed by atoms with Crippen molar-refractivity contribution in [2.75, 3.05) is 0 Å². The van der Waals surface area contributed by atoms with Crippen molar-refractivity contribution in [3.8, 4) is 0 Å². The highest BCUT2D eigenvalue weighted by Crippen LogP contribution is 2.56. The lowest BCUT2D eigenvalue weighted by Crippen LogP contribution is -2.61. The first-order valence-electron chi connectivity index (χ1n) is 22.1. The van der Waals surface area contributed by atoms with Crippen molar-refractivity contribution in [2.45, 2.75) is 213 Å². The smallest absolute Gasteiger partial charge is 0.309 e. The Kier molecular flexibility index (Phi) is 13.6. The van der Waals surface area contributed by atoms with E-state index in [1.807, 2.05) is 26.8 Å². The minimum atomic E-state index is -0.826. The summed E-state index contributed by atoms with van der Waals surface area (Å²) < 4.78 is 27.7. The SMILES string of the molecule is CCC(CC(C)(C=O)C(C)C(C)C1OC(C(CC)C(=O)O)C(C)CC1C)C1OC2(C=CC(O)C3(CCC(C)(C4CCC(O)(CC)C(C)O4)O3)C2)C(C)CC1C. The first-order chi connectivity index (χ1) is 25.7. The Morgan fingerprint density at radius 2 is 1.60 bits per heavy atom. The van der Waals surface area contributed by atoms with Gasteiger partial charge in [0, 0.05) is 11.8 Å². The Balaban J connectivity index is 1.34. The molecule has 19 unspecified atom stereocenters. The Morgan fingerprint density at radius 3 is 2.18 bits per heavy atom. The van der Waals surface area contributed by atoms with E-state index in [1.165, 1.54) is 0 Å². The maximum atomic E-state index is 13.3. The van der Waals surface area contributed by atoms with Gasteiger partial charge in [0.1, 0.15) is 18.0 Å². The van der Waals surface area contributed by atoms with Gasteiger partial charge >= 0.3 is 5.97 Å². The van der Waals surface area contributed by atoms with Gasteiger partial charge in [-0.3, -0.25) is 4.79 Å². The van der Waals surface area contributed by atoms with Crippen LogP contribution in [0.25, 0.3) is 0 Å². The molecule has 1 aliphatic carbocycles. The molecule has 0 aromatic carbocycles. The van der Waals surface area contributed by atoms with Gasteiger partial charge < -0.3 is 39.1 Å². The molecule has 4 heterocycles. The zero-order valence-electron chi connectivity index (χ0n) is 36.4. The molecule has 55 heavy (non-hydrogen) atoms. The third-order valence-electron chi connectivity index (χ3n) is 16.5. The van der Waals surface area contributed by atoms with E-state index in [0.717, 1.165) is 32.0 Å². The Bertz CT molecular complexity index is 1370. The Hall–Kier alpha value is -1.36. The maximum absolute atomic E-state index is 13.3. The summed E-state index contributed by atoms with van der Waals surface area (Å²) in [6, 6.07) is 0. The normalized spacial score (nSPS) is 46.9. The summed E-state index contributed by atoms with van der Waals surface area (Å²) in [5, 5.41) is 32.7. The predicted molar refractivity (Wildman–Crippen MR) is 214 cm³/mol. The number of hydrogen-bond donors (Lipinski definition) is 3. The third kappa shape index (κ3) is 8.29. The summed E-state index contributed by atoms with van der Waals surface area (Å²) in [6.07, 6.45) is 11.4. The van der Waals surface area contributed by atoms with Gasteiger partial charge in [0.15, 0.2) is 0 Å². The molecule has 5 aliphatic rings. The number of aldehydes is 1. The van der Waals surface area contributed by atoms with E-state index in [4.69, 9.17) is 18.9 Å². The van der Waals surface area contributed by atoms with Gasteiger partial charge in [0.05, 0.1) is 53.2 Å². The summed E-state index contributed by atoms with van der Waals surface area (Å²) in [5.74, 6) is -0.295. The molecule has 5 rings (SSSR count). The molecule has 4 aliphatic heterocycles. The molecule has 19 atom stereocenters. The van der Waals surface area contributed by atoms with E-state index in [2.05, 4.69) is 68.4 Å². The molecule has 2 spiro atoms. The summed E-state index contributed by atoms with van der Waals surface area (Å²) in [4.78, 5) is 25.5. The fraction of sp³-hybridized carbons (Fsp3) is 0.913. The maximum Gasteiger partial charge on any atom is 0.309 e. The van der Waals surface area contributed by atoms with Gasteiger partial charge in [0.25, 0.3) is 0 Å². The van der Waals surface area contributed by atoms with Crippen LogP contribution in [0.3, 0.4) is 0 Å². The van der Waals surface area contributed by atoms with Crippen molar-refractivity contribution in [3.63, 3.8) is 0 Å². The molecule has 4 fully saturated rings. The Labute approximate surface area is 333 Å². The van der Waals surface area contributed by atoms with Crippen LogP contribution in [-0.2, 0) is 28.5 Å². The van der Waals surface area contributed by atoms with Gasteiger partial charge in [-0.05, 0) is 113 Å². The summed E-state index contributed by atoms with van der Waals surface area (Å²) >= 11 is 0. The molecule has 316 valence electrons. The van der Waals surface area contributed by atoms with E-state index in [-0.39, 0.29) is 71.9 Å². The van der Waals surface area contributed by atoms with Crippen LogP contribution in [0.15, 0.2) is 12.2 Å². The average molecular weight is 775 g/mol. The minimum Gasteiger partial charge on any atom is -0.481 e. The van der Waals surface area contributed by atoms with Gasteiger partial charge in [-0.15, -0.1) is 0 Å². The highest BCUT2D eigenvalue weighted by Gasteiger charge is 2.62. The largest absolute Gasteiger partial charge is 0.481 e. The van der Waals surface area contributed by atoms with Crippen LogP contribution in [-0.4, -0.2) is 86.6 Å². The van der Waals surface area contributed by atoms with Crippen LogP contribution >= 0.6 is 0 Å². The van der Waals surface area contributed by atoms with Crippen molar-refractivity contribution in [3.05, 3.63) is 12.2 Å². The molecule has 0 aromatic heterocycles. The standard InChI is InChI=1S/C46H78O9/c1-13-34(24-42(11,26-47)32(9)31(8)38-27(4)22-28(5)40(53-38)35(14-2)41(49)50)39-29(6)23-30(7)45(54-39)19-16-36(48)46(25-45)21-20-43(12,55-46)37-17-18-44(51,15-3)33(10)52-37/h16,19,26-40,48,51H,13-15,17-18,20-25H2,1-12H3,(H,49,50). The van der Waals surface area contributed by atoms with E-state index in [0.29, 0.717) is 44.9 Å². The summed E-state index contributed by atoms with van der Waals surface area (Å²) in [7, 11) is 0. The van der Waals surface area contributed by atoms with Crippen LogP contribution in [0, 0.1) is 52.8 Å². The van der Waals surface area contributed by atoms with Crippen molar-refractivity contribution in [1.29, 1.82) is 0 Å². The number of carbonyl (C=O) groups excluding carboxylic acids is 1. The molecule has 0 aromatic rings. The highest BCUT2D eigenvalue weighted by atomic mass is 16.6. The summed E-state index contributed by atoms with van der Waals surface area (Å²) in [6.45, 7) is 25.5. The second kappa shape index (κ2) is 16.7. The van der Waals surface area contributed by atoms with Crippen molar-refractivity contribution in [1.82, 2.24) is 0 Å². The van der Waals surface area contributed by atoms with Gasteiger partial charge in [-0.1, -0.05) is 87.8 Å². The lowest BCUT2D eigenvalue weighted by atomic mass is 9.62. The van der Waals surface area contributed by atoms with E-state index in [1.54, 1.807) is 0 Å². The molecule has 0 radical (unpaired) electrons. The van der Waals surface area contributed by atoms with Crippen molar-refractivity contribution < 1.29 is 43.9 Å². The van der Waals surface area contributed by atoms with Crippen LogP contribution in [0.1, 0.15) is 154 Å². The molecule has 0 bridgehead atoms. The number of carbonyl (C=O) groups is 2. The minimum absolute atomic E-state index is 0.00663. The number of aliphatic hydroxyl groups is 2. The third-order valence-corrected chi connectivity index (χ3v) is 16.5. The van der Waals surface area contributed by atoms with Crippen LogP contribution in [0.2, 0.25) is 0 Å². The van der Waals surface area contributed by atoms with E-state index in [9.17, 15) is 24.9 Å². The van der Waals surface area contributed by atoms with E-state index < -0.39 is 45.8 Å². The zero-order valence-corrected chi connectivity index (χ0v) is 36.4. The van der Waals surface area contributed by atoms with Crippen LogP contribution in [0.5, 0.6) is 0 Å². The fourth-order valence-corrected chi connectivity index (χ4v) is 12.2. The zero-order chi connectivity index (χ0) is 40.9. The highest BCUT2D eigenvalue weighted by molar-refractivity contribution is 5.70. The number of aliphatic carboxylic acids is 1. The monoisotopic (exact) mass is 775 g/mol. The number of ether oxygens (including phenoxy) is 4. The number of rotatable bonds is 13. The topological polar surface area (TPSA) is 132 Å². The average Bonchev–Trinajstić information content (AvgIpc) is 3.49. The molecular formula is C46H78O9. The second-order valence-corrected chi connectivity index (χ2v) is 20.1. The molecular weight excluding hydrogens is 696 g/mol. The number of aliphatic hydroxyl groups excluding tert-OH is 1. The molecule has 0 amide bonds. The van der Waals surface area contributed by atoms with Crippen LogP contribution < -0.4 is 0 Å². The van der Waals surface area contributed by atoms with Crippen LogP contribution in [0.4, 0.5) is 0 Å². The Morgan fingerprint density at radius 1 is 0.945 bits per heavy atom. The second-order valence-electron chi connectivity index (χ2n) is 20.1. The van der Waals surface area contributed by atoms with Gasteiger partial charge in [0.2, 0.25) is 0 Å². The number of carboxylic acids is 1. The summed E-state index contributed by atoms with van der Waals surface area (Å²) in [5.41, 5.74) is -3.48. The van der Waals surface area contributed by atoms with E-state index >= 15 is 0 Å². The number of hydrogen-bond acceptors (Lipinski definition) is 8. The molecule has 9 heteroatoms. The molecule has 0 saturated carbocycles. The fourth-order valence-electron chi connectivity index (χ4n) is 12.2. The predicted octanol–water partition coefficient (Wildman–Crippen LogP) is 8.56.